The maximum Gasteiger partial charge on any atom is 0.410 e. The number of amides is 4. The Hall–Kier alpha value is -12.4. The molecule has 0 aliphatic carbocycles. The highest BCUT2D eigenvalue weighted by Gasteiger charge is 2.42. The van der Waals surface area contributed by atoms with Crippen molar-refractivity contribution in [3.63, 3.8) is 0 Å². The number of nitrogens with zero attached hydrogens (tertiary/aromatic N) is 6. The van der Waals surface area contributed by atoms with E-state index in [2.05, 4.69) is 56.8 Å². The lowest BCUT2D eigenvalue weighted by atomic mass is 9.92. The van der Waals surface area contributed by atoms with Gasteiger partial charge in [-0.15, -0.1) is 0 Å². The molecular weight excluding hydrogens is 1910 g/mol. The van der Waals surface area contributed by atoms with Gasteiger partial charge < -0.3 is 49.1 Å². The molecule has 5 aliphatic heterocycles. The molecule has 0 bridgehead atoms. The first-order chi connectivity index (χ1) is 63.6. The second-order valence-electron chi connectivity index (χ2n) is 31.9. The standard InChI is InChI=1S/C21H20ClFN2O2.C20H17BrF2N2O2.C20H17ClF2N2O2.C20H18ClN3O4.C17H13BrF2N2O/c1-2-10-27-21(26)25-9-8-16-17-12-14(22)6-7-18(17)24-19(16)20(25)13-4-3-5-15(23)11-13;1-2-27-20(26)25-8-7-13-14-10-12(21)4-6-17(14)24-18(13)19(25)11-3-5-15(22)16(23)9-11;1-2-27-20(26)25-6-5-15-16-9-12(21)3-4-17(16)24-18(15)19(25)11-7-13(22)10-14(23)8-11;1-2-28-20(25)23-10-9-15-16-11-13(21)5-8-17(16)22-18(15)19(23)12-3-6-14(7-4-12)24(26)27;18-9-4-5-14-12(8-9)10-6-7-22(23)17(16(10)21-14)11-2-1-3-13(19)15(11)20/h3-7,11-12,20,24H,2,8-10H2,1H3;3-6,9-10,19,24H,2,7-8H2,1H3;3-4,7-10,19,24H,2,5-6H2,1H3;3-8,11,19,22H,2,9-10H2,1H3;1-5,8,17,21,23H,6-7H2. The summed E-state index contributed by atoms with van der Waals surface area (Å²) in [5.74, 6) is -5.42. The second-order valence-corrected chi connectivity index (χ2v) is 35.0. The third-order valence-electron chi connectivity index (χ3n) is 23.9. The zero-order valence-electron chi connectivity index (χ0n) is 71.2. The number of hydroxylamine groups is 2. The smallest absolute Gasteiger partial charge is 0.410 e. The van der Waals surface area contributed by atoms with Crippen LogP contribution in [0, 0.1) is 50.8 Å². The van der Waals surface area contributed by atoms with Crippen molar-refractivity contribution in [1.29, 1.82) is 0 Å². The maximum atomic E-state index is 14.2. The first-order valence-electron chi connectivity index (χ1n) is 42.6. The van der Waals surface area contributed by atoms with Gasteiger partial charge in [-0.3, -0.25) is 29.7 Å². The number of non-ortho nitro benzene ring substituents is 1. The summed E-state index contributed by atoms with van der Waals surface area (Å²) in [4.78, 5) is 84.0. The Morgan fingerprint density at radius 3 is 1.17 bits per heavy atom. The fourth-order valence-electron chi connectivity index (χ4n) is 18.3. The molecule has 22 nitrogen and oxygen atoms in total. The van der Waals surface area contributed by atoms with Crippen LogP contribution < -0.4 is 0 Å². The molecule has 5 aromatic heterocycles. The predicted molar refractivity (Wildman–Crippen MR) is 496 cm³/mol. The lowest BCUT2D eigenvalue weighted by Crippen LogP contribution is -2.41. The van der Waals surface area contributed by atoms with Gasteiger partial charge in [-0.2, -0.15) is 5.06 Å². The molecule has 6 N–H and O–H groups in total. The fourth-order valence-corrected chi connectivity index (χ4v) is 19.5. The van der Waals surface area contributed by atoms with E-state index >= 15 is 0 Å². The number of nitro benzene ring substituents is 1. The van der Waals surface area contributed by atoms with Crippen LogP contribution in [-0.2, 0) is 51.1 Å². The summed E-state index contributed by atoms with van der Waals surface area (Å²) in [5, 5.41) is 29.3. The van der Waals surface area contributed by atoms with Crippen molar-refractivity contribution in [3.05, 3.63) is 353 Å². The minimum absolute atomic E-state index is 0.00546. The normalized spacial score (nSPS) is 16.7. The first-order valence-corrected chi connectivity index (χ1v) is 45.4. The monoisotopic (exact) mass is 1990 g/mol. The van der Waals surface area contributed by atoms with Crippen molar-refractivity contribution < 1.29 is 79.0 Å². The Bertz CT molecular complexity index is 6920. The number of ether oxygens (including phenoxy) is 4. The van der Waals surface area contributed by atoms with Gasteiger partial charge in [0.05, 0.1) is 31.4 Å². The van der Waals surface area contributed by atoms with Gasteiger partial charge in [0.15, 0.2) is 23.3 Å². The van der Waals surface area contributed by atoms with E-state index in [9.17, 15) is 65.2 Å². The Morgan fingerprint density at radius 2 is 0.758 bits per heavy atom. The summed E-state index contributed by atoms with van der Waals surface area (Å²) in [6, 6.07) is 49.4. The van der Waals surface area contributed by atoms with E-state index in [0.29, 0.717) is 109 Å². The zero-order valence-corrected chi connectivity index (χ0v) is 76.7. The summed E-state index contributed by atoms with van der Waals surface area (Å²) in [6.07, 6.45) is 2.18. The van der Waals surface area contributed by atoms with Crippen LogP contribution >= 0.6 is 66.7 Å². The lowest BCUT2D eigenvalue weighted by Gasteiger charge is -2.35. The van der Waals surface area contributed by atoms with Crippen LogP contribution in [0.1, 0.15) is 148 Å². The number of aromatic amines is 5. The molecule has 0 radical (unpaired) electrons. The van der Waals surface area contributed by atoms with Crippen molar-refractivity contribution in [3.8, 4) is 0 Å². The molecule has 0 saturated heterocycles. The van der Waals surface area contributed by atoms with Crippen molar-refractivity contribution in [2.24, 2.45) is 0 Å². The van der Waals surface area contributed by atoms with Crippen LogP contribution in [0.3, 0.4) is 0 Å². The topological polar surface area (TPSA) is 264 Å². The van der Waals surface area contributed by atoms with Crippen molar-refractivity contribution >= 4 is 151 Å². The molecule has 132 heavy (non-hydrogen) atoms. The molecule has 10 aromatic carbocycles. The number of hydrogen-bond acceptors (Lipinski definition) is 12. The van der Waals surface area contributed by atoms with E-state index in [-0.39, 0.29) is 43.0 Å². The van der Waals surface area contributed by atoms with Gasteiger partial charge >= 0.3 is 24.4 Å². The van der Waals surface area contributed by atoms with Crippen LogP contribution in [0.15, 0.2) is 203 Å². The molecule has 0 saturated carbocycles. The highest BCUT2D eigenvalue weighted by Crippen LogP contribution is 2.47. The number of carbonyl (C=O) groups excluding carboxylic acids is 4. The molecular formula is C98H85Br2Cl3F7N11O11. The van der Waals surface area contributed by atoms with E-state index in [0.717, 1.165) is 155 Å². The molecule has 0 spiro atoms. The number of benzene rings is 10. The van der Waals surface area contributed by atoms with E-state index in [1.807, 2.05) is 97.9 Å². The van der Waals surface area contributed by atoms with E-state index in [4.69, 9.17) is 53.8 Å². The molecule has 15 aromatic rings. The number of halogens is 12. The number of carbonyl (C=O) groups is 4. The number of H-pyrrole nitrogens is 5. The highest BCUT2D eigenvalue weighted by molar-refractivity contribution is 9.10. The van der Waals surface area contributed by atoms with Crippen LogP contribution in [-0.4, -0.2) is 143 Å². The minimum Gasteiger partial charge on any atom is -0.450 e. The van der Waals surface area contributed by atoms with Gasteiger partial charge in [0.1, 0.15) is 47.7 Å². The van der Waals surface area contributed by atoms with Gasteiger partial charge in [0, 0.05) is 163 Å². The van der Waals surface area contributed by atoms with Gasteiger partial charge in [-0.05, 0) is 255 Å². The lowest BCUT2D eigenvalue weighted by molar-refractivity contribution is -0.384. The van der Waals surface area contributed by atoms with Crippen molar-refractivity contribution in [2.45, 2.75) is 96.4 Å². The summed E-state index contributed by atoms with van der Waals surface area (Å²) in [7, 11) is 0. The molecule has 10 heterocycles. The predicted octanol–water partition coefficient (Wildman–Crippen LogP) is 25.3. The Kier molecular flexibility index (Phi) is 28.1. The van der Waals surface area contributed by atoms with Gasteiger partial charge in [0.2, 0.25) is 0 Å². The van der Waals surface area contributed by atoms with Gasteiger partial charge in [-0.25, -0.2) is 49.9 Å². The van der Waals surface area contributed by atoms with Crippen molar-refractivity contribution in [1.82, 2.24) is 49.6 Å². The van der Waals surface area contributed by atoms with E-state index < -0.39 is 88.3 Å². The number of nitrogens with one attached hydrogen (secondary N) is 5. The average molecular weight is 1990 g/mol. The van der Waals surface area contributed by atoms with Crippen LogP contribution in [0.5, 0.6) is 0 Å². The summed E-state index contributed by atoms with van der Waals surface area (Å²) < 4.78 is 120. The highest BCUT2D eigenvalue weighted by atomic mass is 79.9. The molecule has 20 rings (SSSR count). The quantitative estimate of drug-likeness (QED) is 0.0306. The summed E-state index contributed by atoms with van der Waals surface area (Å²) in [6.45, 7) is 10.4. The minimum atomic E-state index is -0.942. The molecule has 682 valence electrons. The van der Waals surface area contributed by atoms with Crippen LogP contribution in [0.25, 0.3) is 54.5 Å². The molecule has 34 heteroatoms. The summed E-state index contributed by atoms with van der Waals surface area (Å²) in [5.41, 5.74) is 16.3. The van der Waals surface area contributed by atoms with Crippen LogP contribution in [0.4, 0.5) is 55.6 Å². The average Bonchev–Trinajstić information content (AvgIpc) is 1.63. The number of hydrogen-bond donors (Lipinski definition) is 6. The SMILES string of the molecule is CCCOC(=O)N1CCc2c([nH]c3ccc(Cl)cc23)C1c1cccc(F)c1.CCOC(=O)N1CCc2c([nH]c3ccc(Br)cc23)C1c1ccc(F)c(F)c1.CCOC(=O)N1CCc2c([nH]c3ccc(Cl)cc23)C1c1cc(F)cc(F)c1.CCOC(=O)N1CCc2c([nH]c3ccc(Cl)cc23)C1c1ccc([N+](=O)[O-])cc1.ON1CCc2c([nH]c3ccc(Br)cc23)C1c1cccc(F)c1F. The molecule has 4 amide bonds. The fraction of sp³-hybridized carbons (Fsp3) is 0.245. The van der Waals surface area contributed by atoms with Crippen molar-refractivity contribution in [2.75, 3.05) is 59.2 Å². The molecule has 5 atom stereocenters. The summed E-state index contributed by atoms with van der Waals surface area (Å²) >= 11 is 25.4. The maximum absolute atomic E-state index is 14.2. The number of nitro groups is 1. The number of aromatic nitrogens is 5. The molecule has 5 unspecified atom stereocenters. The molecule has 5 aliphatic rings. The van der Waals surface area contributed by atoms with Crippen LogP contribution in [0.2, 0.25) is 15.1 Å². The Labute approximate surface area is 783 Å². The molecule has 0 fully saturated rings. The number of fused-ring (bicyclic) bond motifs is 15. The third kappa shape index (κ3) is 19.1. The van der Waals surface area contributed by atoms with Gasteiger partial charge in [0.25, 0.3) is 5.69 Å². The third-order valence-corrected chi connectivity index (χ3v) is 25.6. The first kappa shape index (κ1) is 92.9. The second kappa shape index (κ2) is 40.0. The largest absolute Gasteiger partial charge is 0.450 e. The Morgan fingerprint density at radius 1 is 0.394 bits per heavy atom. The van der Waals surface area contributed by atoms with E-state index in [1.54, 1.807) is 59.7 Å². The van der Waals surface area contributed by atoms with E-state index in [1.165, 1.54) is 59.5 Å². The number of rotatable bonds is 11. The van der Waals surface area contributed by atoms with Gasteiger partial charge in [-0.1, -0.05) is 104 Å². The zero-order chi connectivity index (χ0) is 93.2. The Balaban J connectivity index is 0.000000121.